The maximum Gasteiger partial charge on any atom is 0.286 e. The molecule has 0 amide bonds. The zero-order chi connectivity index (χ0) is 81.6. The van der Waals surface area contributed by atoms with Gasteiger partial charge in [0.25, 0.3) is 31.6 Å². The zero-order valence-corrected chi connectivity index (χ0v) is 70.3. The third kappa shape index (κ3) is 18.5. The molecule has 10 heteroatoms. The van der Waals surface area contributed by atoms with Gasteiger partial charge >= 0.3 is 0 Å². The maximum absolute atomic E-state index is 4.46. The van der Waals surface area contributed by atoms with Gasteiger partial charge in [-0.05, 0) is 203 Å². The number of nitrogens with zero attached hydrogens (tertiary/aromatic N) is 10. The Labute approximate surface area is 681 Å². The summed E-state index contributed by atoms with van der Waals surface area (Å²) >= 11 is 0. The molecule has 0 N–H and O–H groups in total. The van der Waals surface area contributed by atoms with E-state index in [2.05, 4.69) is 423 Å². The Kier molecular flexibility index (Phi) is 26.1. The minimum absolute atomic E-state index is 1.16. The van der Waals surface area contributed by atoms with Gasteiger partial charge in [0.15, 0.2) is 31.0 Å². The molecule has 16 rings (SSSR count). The Morgan fingerprint density at radius 2 is 0.426 bits per heavy atom. The highest BCUT2D eigenvalue weighted by Crippen LogP contribution is 2.40. The van der Waals surface area contributed by atoms with Crippen LogP contribution in [0.4, 0.5) is 0 Å². The molecule has 115 heavy (non-hydrogen) atoms. The summed E-state index contributed by atoms with van der Waals surface area (Å²) in [6.45, 7) is 30.2. The lowest BCUT2D eigenvalue weighted by Gasteiger charge is -2.15. The van der Waals surface area contributed by atoms with Crippen molar-refractivity contribution in [2.45, 2.75) is 96.9 Å². The molecule has 11 aromatic carbocycles. The van der Waals surface area contributed by atoms with E-state index < -0.39 is 0 Å². The number of aromatic nitrogens is 10. The van der Waals surface area contributed by atoms with Crippen LogP contribution in [0.15, 0.2) is 305 Å². The van der Waals surface area contributed by atoms with Gasteiger partial charge in [-0.3, -0.25) is 0 Å². The van der Waals surface area contributed by atoms with Crippen LogP contribution in [-0.4, -0.2) is 24.9 Å². The fraction of sp³-hybridized carbons (Fsp3) is 0.181. The highest BCUT2D eigenvalue weighted by atomic mass is 15.0. The first kappa shape index (κ1) is 81.3. The highest BCUT2D eigenvalue weighted by molar-refractivity contribution is 5.87. The Balaban J connectivity index is 0.000000133. The van der Waals surface area contributed by atoms with Gasteiger partial charge in [0.1, 0.15) is 28.5 Å². The largest absolute Gasteiger partial charge is 0.286 e. The summed E-state index contributed by atoms with van der Waals surface area (Å²) in [6, 6.07) is 85.7. The molecular weight excluding hydrogens is 1400 g/mol. The molecule has 0 saturated carbocycles. The van der Waals surface area contributed by atoms with E-state index in [0.29, 0.717) is 0 Å². The molecular formula is C105H107N10+5. The van der Waals surface area contributed by atoms with Gasteiger partial charge in [0.05, 0.1) is 63.1 Å². The number of hydrogen-bond acceptors (Lipinski definition) is 5. The van der Waals surface area contributed by atoms with E-state index in [4.69, 9.17) is 0 Å². The lowest BCUT2D eigenvalue weighted by Crippen LogP contribution is -2.32. The number of hydrogen-bond donors (Lipinski definition) is 0. The third-order valence-electron chi connectivity index (χ3n) is 21.7. The summed E-state index contributed by atoms with van der Waals surface area (Å²) in [5, 5.41) is 0. The van der Waals surface area contributed by atoms with E-state index in [1.807, 2.05) is 62.6 Å². The van der Waals surface area contributed by atoms with Crippen molar-refractivity contribution in [2.75, 3.05) is 0 Å². The lowest BCUT2D eigenvalue weighted by molar-refractivity contribution is -0.663. The van der Waals surface area contributed by atoms with Gasteiger partial charge < -0.3 is 0 Å². The smallest absolute Gasteiger partial charge is 0.232 e. The summed E-state index contributed by atoms with van der Waals surface area (Å²) in [5.41, 5.74) is 44.8. The van der Waals surface area contributed by atoms with Crippen molar-refractivity contribution in [3.05, 3.63) is 383 Å². The molecule has 16 aromatic rings. The molecule has 0 atom stereocenters. The quantitative estimate of drug-likeness (QED) is 0.121. The van der Waals surface area contributed by atoms with Crippen LogP contribution in [0.25, 0.3) is 123 Å². The number of benzene rings is 11. The van der Waals surface area contributed by atoms with Gasteiger partial charge in [-0.2, -0.15) is 0 Å². The molecule has 0 saturated heterocycles. The molecule has 0 fully saturated rings. The SMILES string of the molecule is Cc1cc(-c2ccccc2)ccc1-c1cnc[n+](C)c1-c1ccccc1C.Cc1cc(C)c(-c2cnc[n+](C)c2-c2ccccc2C)c(C)c1.Cc1ccc(-c2cnc[n+](C)c2-c2ccccc2C)c(C)c1.Cc1ccccc1-c1c(-c2c(C)cccc2C)cnc[n+]1C.Cc1ccccc1-c1cnc[n+](C)c1-c1ccccc1C. The van der Waals surface area contributed by atoms with Gasteiger partial charge in [0, 0.05) is 27.8 Å². The normalized spacial score (nSPS) is 10.7. The van der Waals surface area contributed by atoms with E-state index in [9.17, 15) is 0 Å². The van der Waals surface area contributed by atoms with Crippen LogP contribution >= 0.6 is 0 Å². The summed E-state index contributed by atoms with van der Waals surface area (Å²) in [4.78, 5) is 22.1. The second-order valence-corrected chi connectivity index (χ2v) is 30.5. The Morgan fingerprint density at radius 1 is 0.174 bits per heavy atom. The summed E-state index contributed by atoms with van der Waals surface area (Å²) < 4.78 is 10.6. The average Bonchev–Trinajstić information content (AvgIpc) is 0.792. The minimum atomic E-state index is 1.16. The first-order valence-corrected chi connectivity index (χ1v) is 39.4. The minimum Gasteiger partial charge on any atom is -0.232 e. The predicted octanol–water partition coefficient (Wildman–Crippen LogP) is 22.2. The topological polar surface area (TPSA) is 83.8 Å². The van der Waals surface area contributed by atoms with Gasteiger partial charge in [-0.1, -0.05) is 279 Å². The van der Waals surface area contributed by atoms with Crippen LogP contribution in [0.5, 0.6) is 0 Å². The second-order valence-electron chi connectivity index (χ2n) is 30.5. The van der Waals surface area contributed by atoms with Crippen LogP contribution < -0.4 is 22.8 Å². The Hall–Kier alpha value is -13.2. The molecule has 10 nitrogen and oxygen atoms in total. The first-order chi connectivity index (χ1) is 55.5. The summed E-state index contributed by atoms with van der Waals surface area (Å²) in [5.74, 6) is 0. The molecule has 0 unspecified atom stereocenters. The Bertz CT molecular complexity index is 6130. The van der Waals surface area contributed by atoms with Crippen molar-refractivity contribution < 1.29 is 22.8 Å². The standard InChI is InChI=1S/C25H23N2.C21H23N2.2C20H21N2.C19H19N2/c1-18-9-7-8-12-23(18)25-24(16-26-17-27(25)3)22-14-13-21(15-19(22)2)20-10-5-4-6-11-20;1-14-10-16(3)20(17(4)11-14)19-12-22-13-23(5)21(19)18-9-7-6-8-15(18)2;1-14-8-5-6-11-17(14)20-18(12-21-13-22(20)4)19-15(2)9-7-10-16(19)3;1-14-9-10-17(16(3)11-14)19-12-21-13-22(4)20(19)18-8-6-5-7-15(18)2;1-14-8-4-6-10-16(14)18-12-20-13-21(3)19(18)17-11-7-5-9-15(17)2/h4-17H,1-3H3;6-13H,1-5H3;2*5-13H,1-4H3;4-13H,1-3H3/q5*+1. The van der Waals surface area contributed by atoms with Gasteiger partial charge in [-0.25, -0.2) is 22.8 Å². The van der Waals surface area contributed by atoms with Crippen molar-refractivity contribution >= 4 is 0 Å². The Morgan fingerprint density at radius 3 is 0.748 bits per heavy atom. The molecule has 572 valence electrons. The summed E-state index contributed by atoms with van der Waals surface area (Å²) in [7, 11) is 10.3. The molecule has 0 aliphatic heterocycles. The van der Waals surface area contributed by atoms with E-state index in [-0.39, 0.29) is 0 Å². The van der Waals surface area contributed by atoms with Crippen molar-refractivity contribution in [2.24, 2.45) is 35.2 Å². The summed E-state index contributed by atoms with van der Waals surface area (Å²) in [6.07, 6.45) is 19.2. The molecule has 0 radical (unpaired) electrons. The van der Waals surface area contributed by atoms with Gasteiger partial charge in [-0.15, -0.1) is 0 Å². The fourth-order valence-corrected chi connectivity index (χ4v) is 16.0. The lowest BCUT2D eigenvalue weighted by atomic mass is 9.91. The first-order valence-electron chi connectivity index (χ1n) is 39.4. The van der Waals surface area contributed by atoms with Crippen molar-refractivity contribution in [1.82, 2.24) is 24.9 Å². The van der Waals surface area contributed by atoms with E-state index in [1.54, 1.807) is 0 Å². The average molecular weight is 1510 g/mol. The van der Waals surface area contributed by atoms with Crippen LogP contribution in [0.3, 0.4) is 0 Å². The zero-order valence-electron chi connectivity index (χ0n) is 70.3. The van der Waals surface area contributed by atoms with E-state index >= 15 is 0 Å². The van der Waals surface area contributed by atoms with Crippen LogP contribution in [0.2, 0.25) is 0 Å². The van der Waals surface area contributed by atoms with Crippen molar-refractivity contribution in [3.8, 4) is 123 Å². The molecule has 0 bridgehead atoms. The second kappa shape index (κ2) is 37.0. The van der Waals surface area contributed by atoms with Crippen LogP contribution in [0.1, 0.15) is 77.9 Å². The van der Waals surface area contributed by atoms with Crippen molar-refractivity contribution in [3.63, 3.8) is 0 Å². The third-order valence-corrected chi connectivity index (χ3v) is 21.7. The van der Waals surface area contributed by atoms with Crippen LogP contribution in [-0.2, 0) is 35.2 Å². The maximum atomic E-state index is 4.46. The number of rotatable bonds is 11. The molecule has 0 aliphatic carbocycles. The molecule has 0 spiro atoms. The highest BCUT2D eigenvalue weighted by Gasteiger charge is 2.26. The van der Waals surface area contributed by atoms with E-state index in [1.165, 1.54) is 195 Å². The monoisotopic (exact) mass is 1510 g/mol. The van der Waals surface area contributed by atoms with E-state index in [0.717, 1.165) is 5.56 Å². The van der Waals surface area contributed by atoms with Crippen LogP contribution in [0, 0.1) is 96.9 Å². The number of aryl methyl sites for hydroxylation is 19. The molecule has 5 aromatic heterocycles. The van der Waals surface area contributed by atoms with Crippen molar-refractivity contribution in [1.29, 1.82) is 0 Å². The van der Waals surface area contributed by atoms with Gasteiger partial charge in [0.2, 0.25) is 0 Å². The predicted molar refractivity (Wildman–Crippen MR) is 473 cm³/mol. The molecule has 5 heterocycles. The molecule has 0 aliphatic rings. The fourth-order valence-electron chi connectivity index (χ4n) is 16.0.